The van der Waals surface area contributed by atoms with Crippen molar-refractivity contribution in [1.29, 1.82) is 0 Å². The van der Waals surface area contributed by atoms with E-state index in [0.29, 0.717) is 12.0 Å². The smallest absolute Gasteiger partial charge is 0.224 e. The largest absolute Gasteiger partial charge is 0.351 e. The van der Waals surface area contributed by atoms with E-state index in [1.807, 2.05) is 30.7 Å². The third-order valence-electron chi connectivity index (χ3n) is 5.72. The summed E-state index contributed by atoms with van der Waals surface area (Å²) in [6.07, 6.45) is 13.7. The molecule has 27 heavy (non-hydrogen) atoms. The molecule has 0 amide bonds. The van der Waals surface area contributed by atoms with E-state index in [9.17, 15) is 0 Å². The first-order valence-electron chi connectivity index (χ1n) is 9.71. The highest BCUT2D eigenvalue weighted by Gasteiger charge is 2.20. The number of nitrogens with one attached hydrogen (secondary N) is 2. The lowest BCUT2D eigenvalue weighted by Crippen LogP contribution is -2.26. The Bertz CT molecular complexity index is 1070. The van der Waals surface area contributed by atoms with Gasteiger partial charge in [-0.05, 0) is 43.7 Å². The number of aromatic amines is 1. The molecule has 7 nitrogen and oxygen atoms in total. The van der Waals surface area contributed by atoms with Gasteiger partial charge in [0.25, 0.3) is 0 Å². The van der Waals surface area contributed by atoms with E-state index >= 15 is 0 Å². The molecule has 0 aliphatic heterocycles. The Balaban J connectivity index is 1.39. The molecular formula is C20H23N7. The first-order chi connectivity index (χ1) is 13.3. The number of H-pyrrole nitrogens is 1. The molecule has 4 aromatic rings. The number of anilines is 1. The quantitative estimate of drug-likeness (QED) is 0.573. The fourth-order valence-electron chi connectivity index (χ4n) is 4.05. The molecular weight excluding hydrogens is 338 g/mol. The number of imidazole rings is 1. The van der Waals surface area contributed by atoms with Crippen LogP contribution in [0.25, 0.3) is 27.9 Å². The van der Waals surface area contributed by atoms with Crippen molar-refractivity contribution in [1.82, 2.24) is 29.5 Å². The van der Waals surface area contributed by atoms with Gasteiger partial charge in [-0.1, -0.05) is 13.3 Å². The van der Waals surface area contributed by atoms with Gasteiger partial charge in [0, 0.05) is 41.8 Å². The van der Waals surface area contributed by atoms with Crippen LogP contribution in [0.3, 0.4) is 0 Å². The zero-order valence-corrected chi connectivity index (χ0v) is 15.4. The highest BCUT2D eigenvalue weighted by atomic mass is 15.2. The van der Waals surface area contributed by atoms with Crippen molar-refractivity contribution < 1.29 is 0 Å². The monoisotopic (exact) mass is 361 g/mol. The van der Waals surface area contributed by atoms with Crippen LogP contribution in [0.15, 0.2) is 36.9 Å². The lowest BCUT2D eigenvalue weighted by molar-refractivity contribution is 0.329. The Hall–Kier alpha value is -2.96. The SMILES string of the molecule is CCC1CCC(Nc2ncc3c(-c4ccc5nccn5n4)c[nH]c3n2)CC1. The average molecular weight is 361 g/mol. The van der Waals surface area contributed by atoms with E-state index in [2.05, 4.69) is 37.3 Å². The van der Waals surface area contributed by atoms with Crippen LogP contribution in [0.5, 0.6) is 0 Å². The van der Waals surface area contributed by atoms with Crippen molar-refractivity contribution in [2.45, 2.75) is 45.1 Å². The van der Waals surface area contributed by atoms with Crippen molar-refractivity contribution in [3.05, 3.63) is 36.9 Å². The predicted molar refractivity (Wildman–Crippen MR) is 106 cm³/mol. The molecule has 0 radical (unpaired) electrons. The van der Waals surface area contributed by atoms with Crippen LogP contribution in [-0.2, 0) is 0 Å². The Morgan fingerprint density at radius 3 is 2.93 bits per heavy atom. The van der Waals surface area contributed by atoms with Gasteiger partial charge >= 0.3 is 0 Å². The number of fused-ring (bicyclic) bond motifs is 2. The normalized spacial score (nSPS) is 20.3. The molecule has 1 aliphatic carbocycles. The Morgan fingerprint density at radius 1 is 1.19 bits per heavy atom. The Labute approximate surface area is 157 Å². The minimum Gasteiger partial charge on any atom is -0.351 e. The molecule has 1 saturated carbocycles. The fraction of sp³-hybridized carbons (Fsp3) is 0.400. The molecule has 0 bridgehead atoms. The molecule has 0 atom stereocenters. The molecule has 0 spiro atoms. The van der Waals surface area contributed by atoms with Gasteiger partial charge in [0.05, 0.1) is 5.69 Å². The molecule has 0 aromatic carbocycles. The van der Waals surface area contributed by atoms with E-state index in [1.54, 1.807) is 10.7 Å². The van der Waals surface area contributed by atoms with Gasteiger partial charge in [0.2, 0.25) is 5.95 Å². The maximum Gasteiger partial charge on any atom is 0.224 e. The standard InChI is InChI=1S/C20H23N7/c1-2-13-3-5-14(6-4-13)24-20-23-12-16-15(11-22-19(16)25-20)17-7-8-18-21-9-10-27(18)26-17/h7-14H,2-6H2,1H3,(H2,22,23,24,25). The number of hydrogen-bond donors (Lipinski definition) is 2. The second-order valence-electron chi connectivity index (χ2n) is 7.38. The second-order valence-corrected chi connectivity index (χ2v) is 7.38. The summed E-state index contributed by atoms with van der Waals surface area (Å²) in [4.78, 5) is 16.8. The highest BCUT2D eigenvalue weighted by molar-refractivity contribution is 5.92. The highest BCUT2D eigenvalue weighted by Crippen LogP contribution is 2.29. The number of aromatic nitrogens is 6. The number of nitrogens with zero attached hydrogens (tertiary/aromatic N) is 5. The molecule has 0 unspecified atom stereocenters. The van der Waals surface area contributed by atoms with Gasteiger partial charge in [-0.15, -0.1) is 0 Å². The molecule has 7 heteroatoms. The Kier molecular flexibility index (Phi) is 3.99. The molecule has 1 aliphatic rings. The molecule has 4 heterocycles. The van der Waals surface area contributed by atoms with E-state index in [0.717, 1.165) is 33.9 Å². The van der Waals surface area contributed by atoms with E-state index in [-0.39, 0.29) is 0 Å². The second kappa shape index (κ2) is 6.64. The Morgan fingerprint density at radius 2 is 2.07 bits per heavy atom. The first kappa shape index (κ1) is 16.2. The molecule has 5 rings (SSSR count). The summed E-state index contributed by atoms with van der Waals surface area (Å²) >= 11 is 0. The van der Waals surface area contributed by atoms with Crippen molar-refractivity contribution in [2.75, 3.05) is 5.32 Å². The van der Waals surface area contributed by atoms with Gasteiger partial charge in [0.15, 0.2) is 5.65 Å². The van der Waals surface area contributed by atoms with Crippen LogP contribution >= 0.6 is 0 Å². The summed E-state index contributed by atoms with van der Waals surface area (Å²) in [5.41, 5.74) is 3.53. The number of rotatable bonds is 4. The first-order valence-corrected chi connectivity index (χ1v) is 9.71. The van der Waals surface area contributed by atoms with Gasteiger partial charge in [0.1, 0.15) is 5.65 Å². The summed E-state index contributed by atoms with van der Waals surface area (Å²) in [7, 11) is 0. The predicted octanol–water partition coefficient (Wildman–Crippen LogP) is 4.05. The third-order valence-corrected chi connectivity index (χ3v) is 5.72. The summed E-state index contributed by atoms with van der Waals surface area (Å²) < 4.78 is 1.78. The maximum absolute atomic E-state index is 4.68. The molecule has 1 fully saturated rings. The maximum atomic E-state index is 4.68. The summed E-state index contributed by atoms with van der Waals surface area (Å²) in [5.74, 6) is 1.59. The average Bonchev–Trinajstić information content (AvgIpc) is 3.34. The summed E-state index contributed by atoms with van der Waals surface area (Å²) in [6, 6.07) is 4.42. The molecule has 138 valence electrons. The van der Waals surface area contributed by atoms with Crippen molar-refractivity contribution >= 4 is 22.6 Å². The zero-order chi connectivity index (χ0) is 18.2. The van der Waals surface area contributed by atoms with Crippen LogP contribution < -0.4 is 5.32 Å². The molecule has 4 aromatic heterocycles. The minimum absolute atomic E-state index is 0.477. The van der Waals surface area contributed by atoms with Gasteiger partial charge in [-0.3, -0.25) is 0 Å². The van der Waals surface area contributed by atoms with E-state index < -0.39 is 0 Å². The van der Waals surface area contributed by atoms with Crippen LogP contribution in [-0.4, -0.2) is 35.6 Å². The third kappa shape index (κ3) is 3.03. The van der Waals surface area contributed by atoms with Crippen molar-refractivity contribution in [3.63, 3.8) is 0 Å². The van der Waals surface area contributed by atoms with E-state index in [4.69, 9.17) is 0 Å². The lowest BCUT2D eigenvalue weighted by Gasteiger charge is -2.28. The zero-order valence-electron chi connectivity index (χ0n) is 15.4. The van der Waals surface area contributed by atoms with Crippen LogP contribution in [0.2, 0.25) is 0 Å². The summed E-state index contributed by atoms with van der Waals surface area (Å²) in [6.45, 7) is 2.29. The van der Waals surface area contributed by atoms with Crippen molar-refractivity contribution in [3.8, 4) is 11.3 Å². The van der Waals surface area contributed by atoms with E-state index in [1.165, 1.54) is 32.1 Å². The van der Waals surface area contributed by atoms with Crippen LogP contribution in [0.4, 0.5) is 5.95 Å². The van der Waals surface area contributed by atoms with Gasteiger partial charge in [-0.2, -0.15) is 10.1 Å². The van der Waals surface area contributed by atoms with Crippen LogP contribution in [0.1, 0.15) is 39.0 Å². The fourth-order valence-corrected chi connectivity index (χ4v) is 4.05. The topological polar surface area (TPSA) is 83.8 Å². The van der Waals surface area contributed by atoms with Gasteiger partial charge in [-0.25, -0.2) is 14.5 Å². The van der Waals surface area contributed by atoms with Crippen LogP contribution in [0, 0.1) is 5.92 Å². The molecule has 0 saturated heterocycles. The number of hydrogen-bond acceptors (Lipinski definition) is 5. The van der Waals surface area contributed by atoms with Crippen molar-refractivity contribution in [2.24, 2.45) is 5.92 Å². The van der Waals surface area contributed by atoms with Gasteiger partial charge < -0.3 is 10.3 Å². The minimum atomic E-state index is 0.477. The lowest BCUT2D eigenvalue weighted by atomic mass is 9.85. The summed E-state index contributed by atoms with van der Waals surface area (Å²) in [5, 5.41) is 9.11. The molecule has 2 N–H and O–H groups in total.